The zero-order chi connectivity index (χ0) is 18.3. The molecule has 5 heteroatoms. The van der Waals surface area contributed by atoms with E-state index in [0.717, 1.165) is 5.56 Å². The van der Waals surface area contributed by atoms with Gasteiger partial charge in [0.1, 0.15) is 0 Å². The van der Waals surface area contributed by atoms with E-state index < -0.39 is 10.0 Å². The van der Waals surface area contributed by atoms with E-state index in [1.165, 1.54) is 11.1 Å². The molecule has 2 aromatic carbocycles. The molecule has 0 spiro atoms. The van der Waals surface area contributed by atoms with Gasteiger partial charge in [-0.15, -0.1) is 0 Å². The first kappa shape index (κ1) is 17.5. The molecule has 2 heterocycles. The number of nitrogens with one attached hydrogen (secondary N) is 1. The van der Waals surface area contributed by atoms with Crippen LogP contribution in [0.25, 0.3) is 6.08 Å². The number of benzene rings is 2. The number of allylic oxidation sites excluding steroid dienone is 1. The molecule has 136 valence electrons. The molecule has 0 saturated carbocycles. The van der Waals surface area contributed by atoms with Crippen LogP contribution in [-0.2, 0) is 10.0 Å². The van der Waals surface area contributed by atoms with Gasteiger partial charge in [0.25, 0.3) is 0 Å². The molecule has 0 radical (unpaired) electrons. The number of hydrogen-bond donors (Lipinski definition) is 1. The lowest BCUT2D eigenvalue weighted by atomic mass is 9.75. The molecule has 2 aliphatic heterocycles. The SMILES string of the molecule is C/C=C/c1ccc(C2[C@H]3CNC[C@@H]2N3S(=O)(=O)c2ccccc2C)cc1. The van der Waals surface area contributed by atoms with Crippen molar-refractivity contribution < 1.29 is 8.42 Å². The van der Waals surface area contributed by atoms with E-state index in [1.54, 1.807) is 16.4 Å². The molecular formula is C21H24N2O2S. The van der Waals surface area contributed by atoms with E-state index >= 15 is 0 Å². The second kappa shape index (κ2) is 6.65. The fraction of sp³-hybridized carbons (Fsp3) is 0.333. The van der Waals surface area contributed by atoms with E-state index in [0.29, 0.717) is 18.0 Å². The minimum absolute atomic E-state index is 0.0223. The van der Waals surface area contributed by atoms with Crippen LogP contribution in [-0.4, -0.2) is 37.9 Å². The topological polar surface area (TPSA) is 49.4 Å². The van der Waals surface area contributed by atoms with Gasteiger partial charge in [0.05, 0.1) is 4.90 Å². The molecule has 4 nitrogen and oxygen atoms in total. The molecule has 2 fully saturated rings. The van der Waals surface area contributed by atoms with Crippen LogP contribution in [0.3, 0.4) is 0 Å². The molecule has 1 N–H and O–H groups in total. The Hall–Kier alpha value is -1.95. The Morgan fingerprint density at radius 2 is 1.69 bits per heavy atom. The monoisotopic (exact) mass is 368 g/mol. The molecule has 2 aliphatic rings. The number of piperidine rings is 1. The lowest BCUT2D eigenvalue weighted by Crippen LogP contribution is -2.73. The Kier molecular flexibility index (Phi) is 4.47. The van der Waals surface area contributed by atoms with Crippen molar-refractivity contribution in [1.82, 2.24) is 9.62 Å². The van der Waals surface area contributed by atoms with Gasteiger partial charge in [-0.05, 0) is 36.6 Å². The smallest absolute Gasteiger partial charge is 0.243 e. The predicted octanol–water partition coefficient (Wildman–Crippen LogP) is 3.16. The summed E-state index contributed by atoms with van der Waals surface area (Å²) in [6, 6.07) is 15.7. The fourth-order valence-corrected chi connectivity index (χ4v) is 6.39. The van der Waals surface area contributed by atoms with Crippen molar-refractivity contribution in [2.24, 2.45) is 0 Å². The van der Waals surface area contributed by atoms with Crippen LogP contribution in [0, 0.1) is 6.92 Å². The molecule has 0 aromatic heterocycles. The predicted molar refractivity (Wildman–Crippen MR) is 105 cm³/mol. The van der Waals surface area contributed by atoms with Crippen molar-refractivity contribution in [1.29, 1.82) is 0 Å². The molecule has 0 aliphatic carbocycles. The second-order valence-electron chi connectivity index (χ2n) is 7.09. The van der Waals surface area contributed by atoms with Crippen molar-refractivity contribution in [3.63, 3.8) is 0 Å². The Labute approximate surface area is 155 Å². The summed E-state index contributed by atoms with van der Waals surface area (Å²) in [5.41, 5.74) is 3.20. The number of fused-ring (bicyclic) bond motifs is 2. The largest absolute Gasteiger partial charge is 0.313 e. The van der Waals surface area contributed by atoms with Crippen LogP contribution >= 0.6 is 0 Å². The Morgan fingerprint density at radius 1 is 1.04 bits per heavy atom. The lowest BCUT2D eigenvalue weighted by Gasteiger charge is -2.58. The number of nitrogens with zero attached hydrogens (tertiary/aromatic N) is 1. The Balaban J connectivity index is 1.65. The molecule has 4 rings (SSSR count). The molecular weight excluding hydrogens is 344 g/mol. The molecule has 1 unspecified atom stereocenters. The highest BCUT2D eigenvalue weighted by Gasteiger charge is 2.56. The van der Waals surface area contributed by atoms with Crippen LogP contribution in [0.4, 0.5) is 0 Å². The van der Waals surface area contributed by atoms with Gasteiger partial charge in [0, 0.05) is 31.1 Å². The number of aryl methyl sites for hydroxylation is 1. The van der Waals surface area contributed by atoms with Crippen LogP contribution in [0.15, 0.2) is 59.5 Å². The first-order valence-corrected chi connectivity index (χ1v) is 10.5. The van der Waals surface area contributed by atoms with E-state index in [-0.39, 0.29) is 18.0 Å². The normalized spacial score (nSPS) is 26.0. The number of sulfonamides is 1. The van der Waals surface area contributed by atoms with Crippen LogP contribution in [0.5, 0.6) is 0 Å². The molecule has 26 heavy (non-hydrogen) atoms. The third-order valence-electron chi connectivity index (χ3n) is 5.52. The average molecular weight is 369 g/mol. The molecule has 2 aromatic rings. The maximum atomic E-state index is 13.3. The van der Waals surface area contributed by atoms with Gasteiger partial charge in [-0.1, -0.05) is 54.6 Å². The fourth-order valence-electron chi connectivity index (χ4n) is 4.31. The maximum Gasteiger partial charge on any atom is 0.243 e. The minimum Gasteiger partial charge on any atom is -0.313 e. The van der Waals surface area contributed by atoms with Crippen molar-refractivity contribution >= 4 is 16.1 Å². The van der Waals surface area contributed by atoms with Crippen molar-refractivity contribution in [2.75, 3.05) is 13.1 Å². The van der Waals surface area contributed by atoms with Crippen LogP contribution < -0.4 is 5.32 Å². The summed E-state index contributed by atoms with van der Waals surface area (Å²) in [6.07, 6.45) is 4.09. The Morgan fingerprint density at radius 3 is 2.31 bits per heavy atom. The standard InChI is InChI=1S/C21H24N2O2S/c1-3-6-16-9-11-17(12-10-16)21-18-13-22-14-19(21)23(18)26(24,25)20-8-5-4-7-15(20)2/h3-12,18-19,21-22H,13-14H2,1-2H3/b6-3+/t18-,19+,21?. The van der Waals surface area contributed by atoms with Gasteiger partial charge < -0.3 is 5.32 Å². The van der Waals surface area contributed by atoms with Crippen molar-refractivity contribution in [3.05, 3.63) is 71.3 Å². The van der Waals surface area contributed by atoms with Gasteiger partial charge in [0.2, 0.25) is 10.0 Å². The highest BCUT2D eigenvalue weighted by molar-refractivity contribution is 7.89. The molecule has 0 amide bonds. The zero-order valence-electron chi connectivity index (χ0n) is 15.1. The van der Waals surface area contributed by atoms with Gasteiger partial charge in [-0.3, -0.25) is 0 Å². The third kappa shape index (κ3) is 2.71. The number of hydrogen-bond acceptors (Lipinski definition) is 3. The zero-order valence-corrected chi connectivity index (χ0v) is 15.9. The number of piperazine rings is 1. The molecule has 3 atom stereocenters. The summed E-state index contributed by atoms with van der Waals surface area (Å²) < 4.78 is 28.2. The van der Waals surface area contributed by atoms with Gasteiger partial charge in [-0.25, -0.2) is 8.42 Å². The maximum absolute atomic E-state index is 13.3. The summed E-state index contributed by atoms with van der Waals surface area (Å²) in [7, 11) is -3.47. The highest BCUT2D eigenvalue weighted by atomic mass is 32.2. The summed E-state index contributed by atoms with van der Waals surface area (Å²) in [4.78, 5) is 0.429. The molecule has 2 saturated heterocycles. The van der Waals surface area contributed by atoms with Crippen molar-refractivity contribution in [2.45, 2.75) is 36.7 Å². The number of rotatable bonds is 4. The van der Waals surface area contributed by atoms with E-state index in [9.17, 15) is 8.42 Å². The highest BCUT2D eigenvalue weighted by Crippen LogP contribution is 2.46. The first-order chi connectivity index (χ1) is 12.5. The van der Waals surface area contributed by atoms with Gasteiger partial charge in [-0.2, -0.15) is 4.31 Å². The average Bonchev–Trinajstić information content (AvgIpc) is 2.64. The minimum atomic E-state index is -3.47. The summed E-state index contributed by atoms with van der Waals surface area (Å²) in [5.74, 6) is 0.259. The second-order valence-corrected chi connectivity index (χ2v) is 8.90. The van der Waals surface area contributed by atoms with Gasteiger partial charge in [0.15, 0.2) is 0 Å². The molecule has 2 bridgehead atoms. The van der Waals surface area contributed by atoms with E-state index in [1.807, 2.05) is 32.1 Å². The van der Waals surface area contributed by atoms with Crippen LogP contribution in [0.2, 0.25) is 0 Å². The lowest BCUT2D eigenvalue weighted by molar-refractivity contribution is 0.0370. The summed E-state index contributed by atoms with van der Waals surface area (Å²) >= 11 is 0. The van der Waals surface area contributed by atoms with Crippen LogP contribution in [0.1, 0.15) is 29.5 Å². The first-order valence-electron chi connectivity index (χ1n) is 9.06. The quantitative estimate of drug-likeness (QED) is 0.902. The van der Waals surface area contributed by atoms with Gasteiger partial charge >= 0.3 is 0 Å². The summed E-state index contributed by atoms with van der Waals surface area (Å²) in [5, 5.41) is 3.37. The van der Waals surface area contributed by atoms with E-state index in [4.69, 9.17) is 0 Å². The van der Waals surface area contributed by atoms with E-state index in [2.05, 4.69) is 35.7 Å². The van der Waals surface area contributed by atoms with Crippen molar-refractivity contribution in [3.8, 4) is 0 Å². The third-order valence-corrected chi connectivity index (χ3v) is 7.63. The summed E-state index contributed by atoms with van der Waals surface area (Å²) in [6.45, 7) is 5.26. The Bertz CT molecular complexity index is 923.